The number of hydrogen-bond acceptors (Lipinski definition) is 15. The molecule has 0 heterocycles. The van der Waals surface area contributed by atoms with Gasteiger partial charge in [-0.05, 0) is 49.4 Å². The topological polar surface area (TPSA) is 237 Å². The summed E-state index contributed by atoms with van der Waals surface area (Å²) < 4.78 is 68.8. The molecule has 0 saturated carbocycles. The molecule has 0 aliphatic carbocycles. The van der Waals surface area contributed by atoms with Gasteiger partial charge >= 0.3 is 39.5 Å². The van der Waals surface area contributed by atoms with Crippen molar-refractivity contribution in [2.24, 2.45) is 23.7 Å². The molecule has 5 unspecified atom stereocenters. The lowest BCUT2D eigenvalue weighted by Crippen LogP contribution is -2.30. The molecule has 102 heavy (non-hydrogen) atoms. The Morgan fingerprint density at radius 1 is 0.275 bits per heavy atom. The van der Waals surface area contributed by atoms with Crippen LogP contribution in [0.1, 0.15) is 428 Å². The number of ether oxygens (including phenoxy) is 4. The second kappa shape index (κ2) is 72.0. The fraction of sp³-hybridized carbons (Fsp3) is 0.952. The lowest BCUT2D eigenvalue weighted by Gasteiger charge is -2.21. The molecule has 0 aliphatic rings. The normalized spacial score (nSPS) is 14.5. The molecule has 0 saturated heterocycles. The van der Waals surface area contributed by atoms with Crippen molar-refractivity contribution in [3.05, 3.63) is 0 Å². The number of carbonyl (C=O) groups is 4. The fourth-order valence-corrected chi connectivity index (χ4v) is 14.3. The van der Waals surface area contributed by atoms with E-state index in [9.17, 15) is 43.2 Å². The van der Waals surface area contributed by atoms with E-state index in [1.165, 1.54) is 225 Å². The standard InChI is InChI=1S/C83H162O17P2/c1-9-75(7)61-53-45-37-29-23-19-15-13-11-12-14-16-20-25-32-40-49-57-65-82(87)99-78(69-93-80(85)63-55-47-39-31-24-21-17-18-22-28-35-43-51-59-73(3)4)71-97-101(89,90)95-67-77(84)68-96-102(91,92)98-72-79(70-94-81(86)64-56-48-42-34-36-44-52-60-74(5)6)100-83(88)66-58-50-41-33-27-26-30-38-46-54-62-76(8)10-2/h73-79,84H,9-72H2,1-8H3,(H,89,90)(H,91,92)/t75?,76?,77?,78-,79-/m1/s1. The van der Waals surface area contributed by atoms with E-state index in [0.29, 0.717) is 31.6 Å². The molecule has 17 nitrogen and oxygen atoms in total. The first-order chi connectivity index (χ1) is 49.2. The molecule has 606 valence electrons. The number of phosphoric ester groups is 2. The van der Waals surface area contributed by atoms with E-state index >= 15 is 0 Å². The van der Waals surface area contributed by atoms with Crippen molar-refractivity contribution in [2.75, 3.05) is 39.6 Å². The highest BCUT2D eigenvalue weighted by atomic mass is 31.2. The molecule has 0 amide bonds. The Morgan fingerprint density at radius 2 is 0.471 bits per heavy atom. The van der Waals surface area contributed by atoms with E-state index in [0.717, 1.165) is 114 Å². The zero-order chi connectivity index (χ0) is 75.3. The number of phosphoric acid groups is 2. The summed E-state index contributed by atoms with van der Waals surface area (Å²) in [7, 11) is -9.92. The summed E-state index contributed by atoms with van der Waals surface area (Å²) in [6.07, 6.45) is 59.7. The highest BCUT2D eigenvalue weighted by molar-refractivity contribution is 7.47. The maximum atomic E-state index is 13.1. The number of unbranched alkanes of at least 4 members (excludes halogenated alkanes) is 44. The molecule has 7 atom stereocenters. The van der Waals surface area contributed by atoms with Gasteiger partial charge in [0, 0.05) is 25.7 Å². The summed E-state index contributed by atoms with van der Waals surface area (Å²) in [4.78, 5) is 73.1. The largest absolute Gasteiger partial charge is 0.472 e. The predicted octanol–water partition coefficient (Wildman–Crippen LogP) is 24.8. The van der Waals surface area contributed by atoms with Crippen LogP contribution in [0.2, 0.25) is 0 Å². The third kappa shape index (κ3) is 73.6. The number of carbonyl (C=O) groups excluding carboxylic acids is 4. The summed E-state index contributed by atoms with van der Waals surface area (Å²) in [5, 5.41) is 10.7. The van der Waals surface area contributed by atoms with E-state index in [4.69, 9.17) is 37.0 Å². The van der Waals surface area contributed by atoms with Crippen molar-refractivity contribution in [1.82, 2.24) is 0 Å². The first kappa shape index (κ1) is 100. The van der Waals surface area contributed by atoms with Crippen LogP contribution in [0.25, 0.3) is 0 Å². The fourth-order valence-electron chi connectivity index (χ4n) is 12.7. The van der Waals surface area contributed by atoms with Gasteiger partial charge in [0.1, 0.15) is 19.3 Å². The second-order valence-electron chi connectivity index (χ2n) is 31.3. The van der Waals surface area contributed by atoms with Gasteiger partial charge in [0.15, 0.2) is 12.2 Å². The third-order valence-corrected chi connectivity index (χ3v) is 21.9. The second-order valence-corrected chi connectivity index (χ2v) is 34.2. The van der Waals surface area contributed by atoms with Crippen LogP contribution in [0.4, 0.5) is 0 Å². The Morgan fingerprint density at radius 3 is 0.696 bits per heavy atom. The Balaban J connectivity index is 5.23. The van der Waals surface area contributed by atoms with E-state index in [2.05, 4.69) is 55.4 Å². The summed E-state index contributed by atoms with van der Waals surface area (Å²) in [6.45, 7) is 14.3. The van der Waals surface area contributed by atoms with E-state index in [1.54, 1.807) is 0 Å². The summed E-state index contributed by atoms with van der Waals surface area (Å²) in [6, 6.07) is 0. The monoisotopic (exact) mass is 1490 g/mol. The number of aliphatic hydroxyl groups excluding tert-OH is 1. The third-order valence-electron chi connectivity index (χ3n) is 20.0. The molecule has 0 aliphatic heterocycles. The van der Waals surface area contributed by atoms with Gasteiger partial charge in [0.05, 0.1) is 26.4 Å². The van der Waals surface area contributed by atoms with Crippen molar-refractivity contribution >= 4 is 39.5 Å². The minimum Gasteiger partial charge on any atom is -0.462 e. The minimum atomic E-state index is -4.96. The maximum absolute atomic E-state index is 13.1. The quantitative estimate of drug-likeness (QED) is 0.0222. The zero-order valence-electron chi connectivity index (χ0n) is 67.2. The van der Waals surface area contributed by atoms with Crippen LogP contribution in [0.15, 0.2) is 0 Å². The summed E-state index contributed by atoms with van der Waals surface area (Å²) in [5.41, 5.74) is 0. The van der Waals surface area contributed by atoms with Crippen LogP contribution < -0.4 is 0 Å². The first-order valence-corrected chi connectivity index (χ1v) is 45.8. The van der Waals surface area contributed by atoms with Crippen molar-refractivity contribution in [2.45, 2.75) is 446 Å². The maximum Gasteiger partial charge on any atom is 0.472 e. The van der Waals surface area contributed by atoms with Crippen LogP contribution in [-0.4, -0.2) is 96.7 Å². The average molecular weight is 1490 g/mol. The molecule has 0 bridgehead atoms. The molecule has 0 radical (unpaired) electrons. The molecule has 0 aromatic heterocycles. The Kier molecular flexibility index (Phi) is 70.6. The van der Waals surface area contributed by atoms with Crippen molar-refractivity contribution in [3.63, 3.8) is 0 Å². The summed E-state index contributed by atoms with van der Waals surface area (Å²) >= 11 is 0. The highest BCUT2D eigenvalue weighted by Crippen LogP contribution is 2.45. The van der Waals surface area contributed by atoms with Crippen LogP contribution in [0.5, 0.6) is 0 Å². The molecule has 0 rings (SSSR count). The van der Waals surface area contributed by atoms with Crippen molar-refractivity contribution in [1.29, 1.82) is 0 Å². The van der Waals surface area contributed by atoms with Gasteiger partial charge in [-0.3, -0.25) is 37.3 Å². The van der Waals surface area contributed by atoms with E-state index in [1.807, 2.05) is 0 Å². The van der Waals surface area contributed by atoms with E-state index < -0.39 is 97.5 Å². The Bertz CT molecular complexity index is 1990. The number of hydrogen-bond donors (Lipinski definition) is 3. The minimum absolute atomic E-state index is 0.105. The number of rotatable bonds is 80. The number of esters is 4. The van der Waals surface area contributed by atoms with Gasteiger partial charge in [0.2, 0.25) is 0 Å². The lowest BCUT2D eigenvalue weighted by atomic mass is 9.99. The molecular weight excluding hydrogens is 1330 g/mol. The average Bonchev–Trinajstić information content (AvgIpc) is 0.909. The summed E-state index contributed by atoms with van der Waals surface area (Å²) in [5.74, 6) is 1.06. The Labute approximate surface area is 626 Å². The molecule has 0 aromatic carbocycles. The number of aliphatic hydroxyl groups is 1. The van der Waals surface area contributed by atoms with Crippen LogP contribution in [-0.2, 0) is 65.4 Å². The molecule has 19 heteroatoms. The van der Waals surface area contributed by atoms with Crippen molar-refractivity contribution < 1.29 is 80.2 Å². The van der Waals surface area contributed by atoms with Gasteiger partial charge in [0.25, 0.3) is 0 Å². The highest BCUT2D eigenvalue weighted by Gasteiger charge is 2.30. The van der Waals surface area contributed by atoms with Gasteiger partial charge in [-0.1, -0.05) is 376 Å². The molecular formula is C83H162O17P2. The predicted molar refractivity (Wildman–Crippen MR) is 418 cm³/mol. The lowest BCUT2D eigenvalue weighted by molar-refractivity contribution is -0.161. The van der Waals surface area contributed by atoms with Crippen LogP contribution >= 0.6 is 15.6 Å². The molecule has 0 aromatic rings. The van der Waals surface area contributed by atoms with Crippen LogP contribution in [0, 0.1) is 23.7 Å². The van der Waals surface area contributed by atoms with Gasteiger partial charge in [-0.2, -0.15) is 0 Å². The van der Waals surface area contributed by atoms with Crippen LogP contribution in [0.3, 0.4) is 0 Å². The van der Waals surface area contributed by atoms with Gasteiger partial charge in [-0.15, -0.1) is 0 Å². The first-order valence-electron chi connectivity index (χ1n) is 42.8. The molecule has 0 spiro atoms. The SMILES string of the molecule is CCC(C)CCCCCCCCCCCCCCCCCCCCC(=O)O[C@H](COC(=O)CCCCCCCCCCCCCCCC(C)C)COP(=O)(O)OCC(O)COP(=O)(O)OC[C@@H](COC(=O)CCCCCCCCCC(C)C)OC(=O)CCCCCCCCCCCCC(C)CC. The van der Waals surface area contributed by atoms with Gasteiger partial charge < -0.3 is 33.8 Å². The van der Waals surface area contributed by atoms with Crippen molar-refractivity contribution in [3.8, 4) is 0 Å². The van der Waals surface area contributed by atoms with E-state index in [-0.39, 0.29) is 25.7 Å². The smallest absolute Gasteiger partial charge is 0.462 e. The Hall–Kier alpha value is -1.94. The molecule has 0 fully saturated rings. The van der Waals surface area contributed by atoms with Gasteiger partial charge in [-0.25, -0.2) is 9.13 Å². The molecule has 3 N–H and O–H groups in total. The zero-order valence-corrected chi connectivity index (χ0v) is 69.0.